The molecule has 6 rings (SSSR count). The van der Waals surface area contributed by atoms with Crippen molar-refractivity contribution in [1.82, 2.24) is 24.4 Å². The Kier molecular flexibility index (Phi) is 8.92. The fourth-order valence-corrected chi connectivity index (χ4v) is 6.22. The van der Waals surface area contributed by atoms with E-state index in [4.69, 9.17) is 19.4 Å². The van der Waals surface area contributed by atoms with Gasteiger partial charge < -0.3 is 19.7 Å². The Bertz CT molecular complexity index is 1290. The lowest BCUT2D eigenvalue weighted by Gasteiger charge is -2.37. The molecule has 41 heavy (non-hydrogen) atoms. The van der Waals surface area contributed by atoms with Crippen molar-refractivity contribution >= 4 is 22.8 Å². The summed E-state index contributed by atoms with van der Waals surface area (Å²) >= 11 is 0. The highest BCUT2D eigenvalue weighted by Crippen LogP contribution is 2.34. The van der Waals surface area contributed by atoms with Gasteiger partial charge in [-0.25, -0.2) is 13.8 Å². The number of hydrogen-bond donors (Lipinski definition) is 1. The van der Waals surface area contributed by atoms with Crippen LogP contribution in [0.1, 0.15) is 50.8 Å². The molecule has 222 valence electrons. The highest BCUT2D eigenvalue weighted by Gasteiger charge is 2.31. The Balaban J connectivity index is 1.19. The van der Waals surface area contributed by atoms with Gasteiger partial charge >= 0.3 is 0 Å². The second kappa shape index (κ2) is 13.0. The van der Waals surface area contributed by atoms with E-state index in [9.17, 15) is 8.78 Å². The lowest BCUT2D eigenvalue weighted by Crippen LogP contribution is -2.42. The van der Waals surface area contributed by atoms with E-state index in [2.05, 4.69) is 20.1 Å². The molecule has 11 heteroatoms. The first-order chi connectivity index (χ1) is 20.1. The Morgan fingerprint density at radius 3 is 2.46 bits per heavy atom. The van der Waals surface area contributed by atoms with Crippen molar-refractivity contribution in [1.29, 1.82) is 0 Å². The van der Waals surface area contributed by atoms with E-state index in [1.54, 1.807) is 31.4 Å². The lowest BCUT2D eigenvalue weighted by atomic mass is 9.85. The fourth-order valence-electron chi connectivity index (χ4n) is 6.22. The molecule has 2 aliphatic carbocycles. The number of benzene rings is 1. The number of nitrogens with one attached hydrogen (secondary N) is 1. The van der Waals surface area contributed by atoms with Crippen LogP contribution in [0.5, 0.6) is 0 Å². The molecule has 3 fully saturated rings. The van der Waals surface area contributed by atoms with Gasteiger partial charge in [0.1, 0.15) is 11.6 Å². The predicted molar refractivity (Wildman–Crippen MR) is 155 cm³/mol. The molecule has 2 saturated carbocycles. The zero-order valence-electron chi connectivity index (χ0n) is 23.9. The van der Waals surface area contributed by atoms with Gasteiger partial charge in [0.15, 0.2) is 5.82 Å². The first kappa shape index (κ1) is 28.2. The highest BCUT2D eigenvalue weighted by molar-refractivity contribution is 5.78. The summed E-state index contributed by atoms with van der Waals surface area (Å²) in [4.78, 5) is 18.6. The van der Waals surface area contributed by atoms with Gasteiger partial charge in [-0.1, -0.05) is 12.1 Å². The topological polar surface area (TPSA) is 80.6 Å². The average Bonchev–Trinajstić information content (AvgIpc) is 3.74. The number of hydrogen-bond acceptors (Lipinski definition) is 8. The van der Waals surface area contributed by atoms with Crippen LogP contribution in [0.25, 0.3) is 16.9 Å². The van der Waals surface area contributed by atoms with Gasteiger partial charge in [0.2, 0.25) is 5.95 Å². The second-order valence-electron chi connectivity index (χ2n) is 11.6. The van der Waals surface area contributed by atoms with Crippen LogP contribution in [-0.4, -0.2) is 90.1 Å². The molecule has 3 aromatic rings. The predicted octanol–water partition coefficient (Wildman–Crippen LogP) is 4.92. The smallest absolute Gasteiger partial charge is 0.296 e. The van der Waals surface area contributed by atoms with Crippen LogP contribution in [0.2, 0.25) is 0 Å². The standard InChI is InChI=1S/C30H41F2N7O2/c1-40-15-12-38(20-22-6-7-22)23-10-8-21(9-11-23)19-33-30-35-26(37-13-16-41-17-14-37)18-27(36-30)39-25-5-3-2-4-24(25)34-29(39)28(31)32/h2-5,18,21-23,28H,6-17,19-20H2,1H3,(H,33,35,36)/t21-,23-. The van der Waals surface area contributed by atoms with Crippen LogP contribution < -0.4 is 10.2 Å². The maximum Gasteiger partial charge on any atom is 0.296 e. The zero-order valence-corrected chi connectivity index (χ0v) is 23.9. The molecule has 3 aliphatic rings. The number of fused-ring (bicyclic) bond motifs is 1. The Morgan fingerprint density at radius 1 is 1.00 bits per heavy atom. The van der Waals surface area contributed by atoms with Crippen LogP contribution >= 0.6 is 0 Å². The first-order valence-electron chi connectivity index (χ1n) is 15.0. The SMILES string of the molecule is COCCN(CC1CC1)[C@H]1CC[C@H](CNc2nc(N3CCOCC3)cc(-n3c(C(F)F)nc4ccccc43)n2)CC1. The van der Waals surface area contributed by atoms with Crippen molar-refractivity contribution < 1.29 is 18.3 Å². The molecule has 1 N–H and O–H groups in total. The third kappa shape index (κ3) is 6.79. The van der Waals surface area contributed by atoms with Gasteiger partial charge in [0.05, 0.1) is 30.9 Å². The summed E-state index contributed by atoms with van der Waals surface area (Å²) in [5, 5.41) is 3.48. The van der Waals surface area contributed by atoms with Crippen molar-refractivity contribution in [3.05, 3.63) is 36.2 Å². The van der Waals surface area contributed by atoms with Gasteiger partial charge in [-0.2, -0.15) is 9.97 Å². The summed E-state index contributed by atoms with van der Waals surface area (Å²) in [5.74, 6) is 2.63. The summed E-state index contributed by atoms with van der Waals surface area (Å²) in [6, 6.07) is 9.59. The monoisotopic (exact) mass is 569 g/mol. The number of para-hydroxylation sites is 2. The summed E-state index contributed by atoms with van der Waals surface area (Å²) in [5.41, 5.74) is 1.12. The fraction of sp³-hybridized carbons (Fsp3) is 0.633. The van der Waals surface area contributed by atoms with Crippen LogP contribution in [0.4, 0.5) is 20.5 Å². The third-order valence-electron chi connectivity index (χ3n) is 8.70. The Morgan fingerprint density at radius 2 is 1.73 bits per heavy atom. The van der Waals surface area contributed by atoms with Crippen molar-refractivity contribution in [3.8, 4) is 5.82 Å². The Labute approximate surface area is 240 Å². The summed E-state index contributed by atoms with van der Waals surface area (Å²) < 4.78 is 40.7. The number of anilines is 2. The van der Waals surface area contributed by atoms with Crippen molar-refractivity contribution in [2.75, 3.05) is 69.9 Å². The number of morpholine rings is 1. The minimum absolute atomic E-state index is 0.314. The molecule has 0 spiro atoms. The number of rotatable bonds is 12. The average molecular weight is 570 g/mol. The van der Waals surface area contributed by atoms with Gasteiger partial charge in [-0.3, -0.25) is 9.47 Å². The lowest BCUT2D eigenvalue weighted by molar-refractivity contribution is 0.0902. The van der Waals surface area contributed by atoms with Crippen molar-refractivity contribution in [3.63, 3.8) is 0 Å². The molecular weight excluding hydrogens is 528 g/mol. The van der Waals surface area contributed by atoms with E-state index >= 15 is 0 Å². The number of aromatic nitrogens is 4. The van der Waals surface area contributed by atoms with Crippen LogP contribution in [0.15, 0.2) is 30.3 Å². The molecule has 0 atom stereocenters. The van der Waals surface area contributed by atoms with Gasteiger partial charge in [0, 0.05) is 51.9 Å². The van der Waals surface area contributed by atoms with E-state index < -0.39 is 6.43 Å². The zero-order chi connectivity index (χ0) is 28.2. The Hall–Kier alpha value is -2.89. The molecule has 0 amide bonds. The van der Waals surface area contributed by atoms with Gasteiger partial charge in [-0.05, 0) is 62.5 Å². The molecular formula is C30H41F2N7O2. The van der Waals surface area contributed by atoms with E-state index in [0.29, 0.717) is 66.9 Å². The first-order valence-corrected chi connectivity index (χ1v) is 15.0. The van der Waals surface area contributed by atoms with E-state index in [-0.39, 0.29) is 5.82 Å². The summed E-state index contributed by atoms with van der Waals surface area (Å²) in [6.45, 7) is 6.33. The largest absolute Gasteiger partial charge is 0.383 e. The molecule has 0 bridgehead atoms. The number of nitrogens with zero attached hydrogens (tertiary/aromatic N) is 6. The van der Waals surface area contributed by atoms with Crippen molar-refractivity contribution in [2.24, 2.45) is 11.8 Å². The van der Waals surface area contributed by atoms with Gasteiger partial charge in [-0.15, -0.1) is 0 Å². The minimum Gasteiger partial charge on any atom is -0.383 e. The molecule has 0 unspecified atom stereocenters. The second-order valence-corrected chi connectivity index (χ2v) is 11.6. The van der Waals surface area contributed by atoms with E-state index in [1.165, 1.54) is 36.8 Å². The molecule has 9 nitrogen and oxygen atoms in total. The van der Waals surface area contributed by atoms with E-state index in [0.717, 1.165) is 38.5 Å². The normalized spacial score (nSPS) is 21.7. The van der Waals surface area contributed by atoms with E-state index in [1.807, 2.05) is 6.07 Å². The highest BCUT2D eigenvalue weighted by atomic mass is 19.3. The number of halogens is 2. The summed E-state index contributed by atoms with van der Waals surface area (Å²) in [7, 11) is 1.78. The minimum atomic E-state index is -2.74. The summed E-state index contributed by atoms with van der Waals surface area (Å²) in [6.07, 6.45) is 4.64. The number of ether oxygens (including phenoxy) is 2. The van der Waals surface area contributed by atoms with Gasteiger partial charge in [0.25, 0.3) is 6.43 Å². The van der Waals surface area contributed by atoms with Crippen LogP contribution in [0.3, 0.4) is 0 Å². The molecule has 1 saturated heterocycles. The molecule has 1 aromatic carbocycles. The number of methoxy groups -OCH3 is 1. The maximum atomic E-state index is 14.1. The molecule has 1 aliphatic heterocycles. The number of imidazole rings is 1. The van der Waals surface area contributed by atoms with Crippen LogP contribution in [-0.2, 0) is 9.47 Å². The van der Waals surface area contributed by atoms with Crippen LogP contribution in [0, 0.1) is 11.8 Å². The third-order valence-corrected chi connectivity index (χ3v) is 8.70. The van der Waals surface area contributed by atoms with Crippen molar-refractivity contribution in [2.45, 2.75) is 51.0 Å². The molecule has 2 aromatic heterocycles. The molecule has 0 radical (unpaired) electrons. The number of alkyl halides is 2. The maximum absolute atomic E-state index is 14.1. The molecule has 3 heterocycles. The quantitative estimate of drug-likeness (QED) is 0.329.